The molecule has 0 fully saturated rings. The minimum absolute atomic E-state index is 0.0199. The average Bonchev–Trinajstić information content (AvgIpc) is 3.10. The first kappa shape index (κ1) is 20.4. The highest BCUT2D eigenvalue weighted by Gasteiger charge is 2.15. The van der Waals surface area contributed by atoms with Crippen LogP contribution in [0.5, 0.6) is 11.5 Å². The van der Waals surface area contributed by atoms with Gasteiger partial charge in [0.15, 0.2) is 11.5 Å². The Morgan fingerprint density at radius 3 is 2.63 bits per heavy atom. The second-order valence-electron chi connectivity index (χ2n) is 5.63. The van der Waals surface area contributed by atoms with Gasteiger partial charge in [0, 0.05) is 25.5 Å². The number of carbonyl (C=O) groups is 1. The van der Waals surface area contributed by atoms with Crippen molar-refractivity contribution >= 4 is 12.0 Å². The summed E-state index contributed by atoms with van der Waals surface area (Å²) in [6.07, 6.45) is 5.48. The van der Waals surface area contributed by atoms with Crippen LogP contribution in [0.25, 0.3) is 6.08 Å². The van der Waals surface area contributed by atoms with E-state index in [-0.39, 0.29) is 18.3 Å². The molecule has 0 saturated heterocycles. The number of alkyl halides is 2. The molecule has 146 valence electrons. The smallest absolute Gasteiger partial charge is 0.319 e. The van der Waals surface area contributed by atoms with Crippen molar-refractivity contribution in [1.29, 1.82) is 0 Å². The number of ether oxygens (including phenoxy) is 2. The molecule has 0 spiro atoms. The molecule has 2 aromatic rings. The van der Waals surface area contributed by atoms with E-state index >= 15 is 0 Å². The quantitative estimate of drug-likeness (QED) is 0.623. The number of amides is 1. The highest BCUT2D eigenvalue weighted by molar-refractivity contribution is 5.91. The van der Waals surface area contributed by atoms with E-state index in [1.807, 2.05) is 13.8 Å². The van der Waals surface area contributed by atoms with E-state index in [2.05, 4.69) is 4.98 Å². The molecule has 8 heteroatoms. The molecule has 1 amide bonds. The van der Waals surface area contributed by atoms with Crippen molar-refractivity contribution in [3.8, 4) is 11.5 Å². The molecule has 1 heterocycles. The zero-order chi connectivity index (χ0) is 19.8. The molecule has 0 saturated carbocycles. The normalized spacial score (nSPS) is 11.2. The van der Waals surface area contributed by atoms with Crippen molar-refractivity contribution in [2.45, 2.75) is 26.9 Å². The summed E-state index contributed by atoms with van der Waals surface area (Å²) in [5, 5.41) is 0. The Labute approximate surface area is 157 Å². The van der Waals surface area contributed by atoms with E-state index in [1.165, 1.54) is 30.4 Å². The van der Waals surface area contributed by atoms with Gasteiger partial charge in [-0.05, 0) is 37.6 Å². The van der Waals surface area contributed by atoms with E-state index in [4.69, 9.17) is 9.47 Å². The number of likely N-dealkylation sites (N-methyl/N-ethyl adjacent to an activating group) is 1. The lowest BCUT2D eigenvalue weighted by Gasteiger charge is -2.15. The Balaban J connectivity index is 2.06. The third-order valence-corrected chi connectivity index (χ3v) is 3.70. The van der Waals surface area contributed by atoms with Gasteiger partial charge in [0.2, 0.25) is 5.91 Å². The number of hydrogen-bond donors (Lipinski definition) is 0. The topological polar surface area (TPSA) is 56.6 Å². The SMILES string of the molecule is CCOc1ccc(/C=C/C(=O)N(C)Cc2nccn2C(F)F)cc1OCC. The molecular formula is C19H23F2N3O3. The number of halogens is 2. The van der Waals surface area contributed by atoms with Gasteiger partial charge in [0.25, 0.3) is 0 Å². The maximum absolute atomic E-state index is 12.9. The molecule has 0 radical (unpaired) electrons. The minimum atomic E-state index is -2.69. The van der Waals surface area contributed by atoms with Gasteiger partial charge in [-0.3, -0.25) is 9.36 Å². The predicted octanol–water partition coefficient (Wildman–Crippen LogP) is 3.75. The Hall–Kier alpha value is -2.90. The van der Waals surface area contributed by atoms with Crippen LogP contribution in [0.2, 0.25) is 0 Å². The number of aromatic nitrogens is 2. The summed E-state index contributed by atoms with van der Waals surface area (Å²) in [5.74, 6) is 1.03. The first-order valence-corrected chi connectivity index (χ1v) is 8.58. The molecule has 0 N–H and O–H groups in total. The van der Waals surface area contributed by atoms with E-state index in [0.717, 1.165) is 10.1 Å². The van der Waals surface area contributed by atoms with Crippen molar-refractivity contribution in [3.63, 3.8) is 0 Å². The lowest BCUT2D eigenvalue weighted by Crippen LogP contribution is -2.26. The number of hydrogen-bond acceptors (Lipinski definition) is 4. The van der Waals surface area contributed by atoms with Crippen LogP contribution in [-0.4, -0.2) is 40.6 Å². The van der Waals surface area contributed by atoms with Gasteiger partial charge >= 0.3 is 6.55 Å². The van der Waals surface area contributed by atoms with Crippen LogP contribution in [0.1, 0.15) is 31.8 Å². The molecular weight excluding hydrogens is 356 g/mol. The molecule has 1 aromatic carbocycles. The number of benzene rings is 1. The minimum Gasteiger partial charge on any atom is -0.490 e. The van der Waals surface area contributed by atoms with Gasteiger partial charge in [-0.2, -0.15) is 8.78 Å². The number of rotatable bonds is 9. The molecule has 0 bridgehead atoms. The first-order valence-electron chi connectivity index (χ1n) is 8.58. The Morgan fingerprint density at radius 2 is 1.96 bits per heavy atom. The molecule has 1 aromatic heterocycles. The number of imidazole rings is 1. The summed E-state index contributed by atoms with van der Waals surface area (Å²) >= 11 is 0. The molecule has 0 aliphatic heterocycles. The second kappa shape index (κ2) is 9.70. The third-order valence-electron chi connectivity index (χ3n) is 3.70. The summed E-state index contributed by atoms with van der Waals surface area (Å²) in [6.45, 7) is 2.06. The van der Waals surface area contributed by atoms with E-state index in [1.54, 1.807) is 24.3 Å². The van der Waals surface area contributed by atoms with Gasteiger partial charge in [0.1, 0.15) is 5.82 Å². The summed E-state index contributed by atoms with van der Waals surface area (Å²) in [7, 11) is 1.53. The van der Waals surface area contributed by atoms with Gasteiger partial charge in [-0.1, -0.05) is 6.07 Å². The van der Waals surface area contributed by atoms with Crippen LogP contribution >= 0.6 is 0 Å². The summed E-state index contributed by atoms with van der Waals surface area (Å²) in [6, 6.07) is 5.37. The molecule has 0 atom stereocenters. The van der Waals surface area contributed by atoms with Crippen LogP contribution < -0.4 is 9.47 Å². The highest BCUT2D eigenvalue weighted by atomic mass is 19.3. The van der Waals surface area contributed by atoms with Crippen LogP contribution in [0.4, 0.5) is 8.78 Å². The van der Waals surface area contributed by atoms with Gasteiger partial charge in [-0.25, -0.2) is 4.98 Å². The van der Waals surface area contributed by atoms with E-state index < -0.39 is 6.55 Å². The van der Waals surface area contributed by atoms with Crippen molar-refractivity contribution in [1.82, 2.24) is 14.5 Å². The molecule has 0 aliphatic rings. The van der Waals surface area contributed by atoms with Crippen molar-refractivity contribution in [2.24, 2.45) is 0 Å². The summed E-state index contributed by atoms with van der Waals surface area (Å²) < 4.78 is 37.5. The average molecular weight is 379 g/mol. The predicted molar refractivity (Wildman–Crippen MR) is 97.8 cm³/mol. The molecule has 27 heavy (non-hydrogen) atoms. The van der Waals surface area contributed by atoms with Crippen molar-refractivity contribution < 1.29 is 23.0 Å². The van der Waals surface area contributed by atoms with Crippen LogP contribution in [0.3, 0.4) is 0 Å². The number of carbonyl (C=O) groups excluding carboxylic acids is 1. The maximum Gasteiger partial charge on any atom is 0.319 e. The van der Waals surface area contributed by atoms with Crippen LogP contribution in [-0.2, 0) is 11.3 Å². The fourth-order valence-corrected chi connectivity index (χ4v) is 2.40. The van der Waals surface area contributed by atoms with Gasteiger partial charge in [0.05, 0.1) is 19.8 Å². The largest absolute Gasteiger partial charge is 0.490 e. The van der Waals surface area contributed by atoms with Gasteiger partial charge < -0.3 is 14.4 Å². The molecule has 0 unspecified atom stereocenters. The van der Waals surface area contributed by atoms with Crippen LogP contribution in [0, 0.1) is 0 Å². The zero-order valence-electron chi connectivity index (χ0n) is 15.6. The molecule has 2 rings (SSSR count). The number of nitrogens with zero attached hydrogens (tertiary/aromatic N) is 3. The fraction of sp³-hybridized carbons (Fsp3) is 0.368. The molecule has 0 aliphatic carbocycles. The maximum atomic E-state index is 12.9. The monoisotopic (exact) mass is 379 g/mol. The van der Waals surface area contributed by atoms with Gasteiger partial charge in [-0.15, -0.1) is 0 Å². The fourth-order valence-electron chi connectivity index (χ4n) is 2.40. The Bertz CT molecular complexity index is 790. The van der Waals surface area contributed by atoms with E-state index in [9.17, 15) is 13.6 Å². The van der Waals surface area contributed by atoms with Crippen molar-refractivity contribution in [3.05, 3.63) is 48.1 Å². The van der Waals surface area contributed by atoms with E-state index in [0.29, 0.717) is 24.7 Å². The first-order chi connectivity index (χ1) is 13.0. The lowest BCUT2D eigenvalue weighted by atomic mass is 10.2. The van der Waals surface area contributed by atoms with Crippen molar-refractivity contribution in [2.75, 3.05) is 20.3 Å². The lowest BCUT2D eigenvalue weighted by molar-refractivity contribution is -0.125. The third kappa shape index (κ3) is 5.54. The highest BCUT2D eigenvalue weighted by Crippen LogP contribution is 2.29. The zero-order valence-corrected chi connectivity index (χ0v) is 15.6. The van der Waals surface area contributed by atoms with Crippen LogP contribution in [0.15, 0.2) is 36.7 Å². The summed E-state index contributed by atoms with van der Waals surface area (Å²) in [5.41, 5.74) is 0.762. The molecule has 6 nitrogen and oxygen atoms in total. The Kier molecular flexibility index (Phi) is 7.34. The standard InChI is InChI=1S/C19H23F2N3O3/c1-4-26-15-8-6-14(12-16(15)27-5-2)7-9-18(25)23(3)13-17-22-10-11-24(17)19(20)21/h6-12,19H,4-5,13H2,1-3H3/b9-7+. The second-order valence-corrected chi connectivity index (χ2v) is 5.63. The Morgan fingerprint density at radius 1 is 1.26 bits per heavy atom. The summed E-state index contributed by atoms with van der Waals surface area (Å²) in [4.78, 5) is 17.4.